The second-order valence-corrected chi connectivity index (χ2v) is 5.55. The highest BCUT2D eigenvalue weighted by atomic mass is 19.1. The fraction of sp³-hybridized carbons (Fsp3) is 0.143. The average Bonchev–Trinajstić information content (AvgIpc) is 2.62. The van der Waals surface area contributed by atoms with E-state index in [0.29, 0.717) is 19.7 Å². The second-order valence-electron chi connectivity index (χ2n) is 5.55. The van der Waals surface area contributed by atoms with Gasteiger partial charge in [-0.25, -0.2) is 4.39 Å². The smallest absolute Gasteiger partial charge is 0.123 e. The first-order chi connectivity index (χ1) is 11.8. The normalized spacial score (nSPS) is 10.5. The Morgan fingerprint density at radius 2 is 1.58 bits per heavy atom. The predicted molar refractivity (Wildman–Crippen MR) is 95.5 cm³/mol. The minimum atomic E-state index is -0.205. The Kier molecular flexibility index (Phi) is 5.59. The van der Waals surface area contributed by atoms with Crippen molar-refractivity contribution < 1.29 is 9.13 Å². The van der Waals surface area contributed by atoms with Gasteiger partial charge >= 0.3 is 0 Å². The lowest BCUT2D eigenvalue weighted by Crippen LogP contribution is -2.20. The van der Waals surface area contributed by atoms with Gasteiger partial charge in [-0.1, -0.05) is 54.6 Å². The van der Waals surface area contributed by atoms with Gasteiger partial charge in [0.15, 0.2) is 0 Å². The molecule has 0 amide bonds. The Morgan fingerprint density at radius 3 is 2.42 bits per heavy atom. The number of hydrogen-bond donors (Lipinski definition) is 1. The molecule has 2 nitrogen and oxygen atoms in total. The van der Waals surface area contributed by atoms with Crippen LogP contribution in [0.1, 0.15) is 5.56 Å². The molecule has 3 heteroatoms. The molecule has 0 aliphatic rings. The lowest BCUT2D eigenvalue weighted by molar-refractivity contribution is 0.314. The van der Waals surface area contributed by atoms with Gasteiger partial charge in [-0.15, -0.1) is 0 Å². The lowest BCUT2D eigenvalue weighted by atomic mass is 10.1. The molecular formula is C21H20FNO. The van der Waals surface area contributed by atoms with E-state index in [-0.39, 0.29) is 5.82 Å². The minimum Gasteiger partial charge on any atom is -0.492 e. The summed E-state index contributed by atoms with van der Waals surface area (Å²) in [6.45, 7) is 1.89. The molecule has 0 heterocycles. The molecule has 1 N–H and O–H groups in total. The van der Waals surface area contributed by atoms with Crippen molar-refractivity contribution in [2.75, 3.05) is 13.2 Å². The van der Waals surface area contributed by atoms with Crippen molar-refractivity contribution in [3.8, 4) is 16.9 Å². The fourth-order valence-electron chi connectivity index (χ4n) is 2.52. The van der Waals surface area contributed by atoms with Crippen LogP contribution in [0.25, 0.3) is 11.1 Å². The molecule has 3 aromatic rings. The van der Waals surface area contributed by atoms with E-state index in [9.17, 15) is 4.39 Å². The van der Waals surface area contributed by atoms with Gasteiger partial charge < -0.3 is 10.1 Å². The van der Waals surface area contributed by atoms with Gasteiger partial charge in [0.2, 0.25) is 0 Å². The first-order valence-electron chi connectivity index (χ1n) is 8.05. The van der Waals surface area contributed by atoms with Gasteiger partial charge in [0.05, 0.1) is 0 Å². The van der Waals surface area contributed by atoms with E-state index in [4.69, 9.17) is 4.74 Å². The van der Waals surface area contributed by atoms with Crippen molar-refractivity contribution >= 4 is 0 Å². The van der Waals surface area contributed by atoms with Crippen LogP contribution in [0.15, 0.2) is 78.9 Å². The molecule has 3 aromatic carbocycles. The van der Waals surface area contributed by atoms with Gasteiger partial charge in [-0.3, -0.25) is 0 Å². The van der Waals surface area contributed by atoms with Crippen LogP contribution in [0.3, 0.4) is 0 Å². The standard InChI is InChI=1S/C21H20FNO/c22-20-10-4-6-17(14-20)16-23-12-13-24-21-11-5-9-19(15-21)18-7-2-1-3-8-18/h1-11,14-15,23H,12-13,16H2. The molecule has 0 atom stereocenters. The highest BCUT2D eigenvalue weighted by Gasteiger charge is 2.00. The first-order valence-corrected chi connectivity index (χ1v) is 8.05. The third-order valence-corrected chi connectivity index (χ3v) is 3.71. The molecule has 0 aliphatic heterocycles. The number of hydrogen-bond acceptors (Lipinski definition) is 2. The number of rotatable bonds is 7. The molecule has 0 spiro atoms. The zero-order valence-electron chi connectivity index (χ0n) is 13.4. The summed E-state index contributed by atoms with van der Waals surface area (Å²) in [4.78, 5) is 0. The van der Waals surface area contributed by atoms with Crippen molar-refractivity contribution in [1.82, 2.24) is 5.32 Å². The molecule has 0 aromatic heterocycles. The van der Waals surface area contributed by atoms with Crippen molar-refractivity contribution in [3.63, 3.8) is 0 Å². The van der Waals surface area contributed by atoms with E-state index < -0.39 is 0 Å². The van der Waals surface area contributed by atoms with Gasteiger partial charge in [0.25, 0.3) is 0 Å². The van der Waals surface area contributed by atoms with Gasteiger partial charge in [-0.05, 0) is 41.0 Å². The van der Waals surface area contributed by atoms with Crippen LogP contribution >= 0.6 is 0 Å². The van der Waals surface area contributed by atoms with E-state index in [0.717, 1.165) is 16.9 Å². The Labute approximate surface area is 141 Å². The third kappa shape index (κ3) is 4.67. The fourth-order valence-corrected chi connectivity index (χ4v) is 2.52. The number of halogens is 1. The van der Waals surface area contributed by atoms with Crippen LogP contribution in [0, 0.1) is 5.82 Å². The topological polar surface area (TPSA) is 21.3 Å². The summed E-state index contributed by atoms with van der Waals surface area (Å²) in [5.41, 5.74) is 3.24. The SMILES string of the molecule is Fc1cccc(CNCCOc2cccc(-c3ccccc3)c2)c1. The quantitative estimate of drug-likeness (QED) is 0.639. The molecule has 24 heavy (non-hydrogen) atoms. The second kappa shape index (κ2) is 8.27. The summed E-state index contributed by atoms with van der Waals surface area (Å²) < 4.78 is 18.9. The molecule has 0 saturated carbocycles. The predicted octanol–water partition coefficient (Wildman–Crippen LogP) is 4.66. The number of nitrogens with one attached hydrogen (secondary N) is 1. The zero-order chi connectivity index (χ0) is 16.6. The maximum atomic E-state index is 13.1. The third-order valence-electron chi connectivity index (χ3n) is 3.71. The van der Waals surface area contributed by atoms with Crippen LogP contribution in [0.2, 0.25) is 0 Å². The van der Waals surface area contributed by atoms with Crippen LogP contribution in [-0.2, 0) is 6.54 Å². The van der Waals surface area contributed by atoms with E-state index in [2.05, 4.69) is 23.5 Å². The summed E-state index contributed by atoms with van der Waals surface area (Å²) in [5, 5.41) is 3.25. The first kappa shape index (κ1) is 16.2. The molecule has 0 fully saturated rings. The van der Waals surface area contributed by atoms with E-state index in [1.165, 1.54) is 17.7 Å². The Morgan fingerprint density at radius 1 is 0.792 bits per heavy atom. The molecule has 3 rings (SSSR count). The molecule has 122 valence electrons. The maximum Gasteiger partial charge on any atom is 0.123 e. The van der Waals surface area contributed by atoms with Crippen molar-refractivity contribution in [3.05, 3.63) is 90.2 Å². The molecule has 0 bridgehead atoms. The average molecular weight is 321 g/mol. The monoisotopic (exact) mass is 321 g/mol. The number of benzene rings is 3. The Hall–Kier alpha value is -2.65. The minimum absolute atomic E-state index is 0.205. The van der Waals surface area contributed by atoms with E-state index >= 15 is 0 Å². The molecule has 0 aliphatic carbocycles. The molecular weight excluding hydrogens is 301 g/mol. The van der Waals surface area contributed by atoms with Crippen molar-refractivity contribution in [2.24, 2.45) is 0 Å². The molecule has 0 radical (unpaired) electrons. The Bertz CT molecular complexity index is 774. The van der Waals surface area contributed by atoms with Gasteiger partial charge in [0, 0.05) is 13.1 Å². The van der Waals surface area contributed by atoms with Crippen molar-refractivity contribution in [2.45, 2.75) is 6.54 Å². The maximum absolute atomic E-state index is 13.1. The van der Waals surface area contributed by atoms with Gasteiger partial charge in [0.1, 0.15) is 18.2 Å². The van der Waals surface area contributed by atoms with Crippen LogP contribution in [0.4, 0.5) is 4.39 Å². The van der Waals surface area contributed by atoms with Crippen LogP contribution in [0.5, 0.6) is 5.75 Å². The van der Waals surface area contributed by atoms with E-state index in [1.807, 2.05) is 42.5 Å². The van der Waals surface area contributed by atoms with Crippen molar-refractivity contribution in [1.29, 1.82) is 0 Å². The van der Waals surface area contributed by atoms with Crippen LogP contribution in [-0.4, -0.2) is 13.2 Å². The zero-order valence-corrected chi connectivity index (χ0v) is 13.4. The van der Waals surface area contributed by atoms with Crippen LogP contribution < -0.4 is 10.1 Å². The lowest BCUT2D eigenvalue weighted by Gasteiger charge is -2.09. The number of ether oxygens (including phenoxy) is 1. The molecule has 0 unspecified atom stereocenters. The largest absolute Gasteiger partial charge is 0.492 e. The highest BCUT2D eigenvalue weighted by molar-refractivity contribution is 5.64. The summed E-state index contributed by atoms with van der Waals surface area (Å²) in [6.07, 6.45) is 0. The summed E-state index contributed by atoms with van der Waals surface area (Å²) in [7, 11) is 0. The van der Waals surface area contributed by atoms with E-state index in [1.54, 1.807) is 6.07 Å². The molecule has 0 saturated heterocycles. The van der Waals surface area contributed by atoms with Gasteiger partial charge in [-0.2, -0.15) is 0 Å². The Balaban J connectivity index is 1.47. The highest BCUT2D eigenvalue weighted by Crippen LogP contribution is 2.23. The summed E-state index contributed by atoms with van der Waals surface area (Å²) in [6, 6.07) is 24.9. The summed E-state index contributed by atoms with van der Waals surface area (Å²) in [5.74, 6) is 0.646. The summed E-state index contributed by atoms with van der Waals surface area (Å²) >= 11 is 0.